The van der Waals surface area contributed by atoms with Gasteiger partial charge in [0.25, 0.3) is 0 Å². The number of rotatable bonds is 7. The maximum Gasteiger partial charge on any atom is 0 e. The standard InChI is InChI=1S/C38H33N2O.C14H16GeN.Ir/c1-23(2)28-10-8-11-29(24(3)4)36(28)40-34-15-7-6-14-33(34)39-38(40)32-13-9-12-31-30-21-20-27(22-35(30)41-37(31)32)26-18-16-25(5)17-19-26;1-15(2,3)13-9-10-14(16-11-13)12-7-5-4-6-8-12;/h6-12,14-24H,1-5H3;4-7,9-11H,1-3H3;/q2*-1;/i5D3;;. The molecule has 0 N–H and O–H groups in total. The molecule has 0 saturated carbocycles. The van der Waals surface area contributed by atoms with Crippen LogP contribution in [0.2, 0.25) is 17.3 Å². The van der Waals surface area contributed by atoms with Gasteiger partial charge in [0.05, 0.1) is 22.4 Å². The van der Waals surface area contributed by atoms with Gasteiger partial charge in [0.2, 0.25) is 0 Å². The summed E-state index contributed by atoms with van der Waals surface area (Å²) in [5.74, 6) is 8.57. The van der Waals surface area contributed by atoms with Crippen molar-refractivity contribution in [2.75, 3.05) is 0 Å². The third kappa shape index (κ3) is 8.14. The van der Waals surface area contributed by atoms with Crippen molar-refractivity contribution in [3.8, 4) is 39.5 Å². The topological polar surface area (TPSA) is 43.9 Å². The third-order valence-electron chi connectivity index (χ3n) is 10.6. The molecule has 3 heterocycles. The van der Waals surface area contributed by atoms with Crippen molar-refractivity contribution in [1.82, 2.24) is 14.5 Å². The van der Waals surface area contributed by atoms with E-state index in [0.717, 1.165) is 66.7 Å². The largest absolute Gasteiger partial charge is 0 e. The molecule has 9 aromatic rings. The first-order chi connectivity index (χ1) is 28.7. The number of imidazole rings is 1. The first kappa shape index (κ1) is 37.2. The van der Waals surface area contributed by atoms with Crippen molar-refractivity contribution in [2.24, 2.45) is 0 Å². The Morgan fingerprint density at radius 2 is 1.43 bits per heavy atom. The molecule has 3 aromatic heterocycles. The Morgan fingerprint density at radius 1 is 0.707 bits per heavy atom. The summed E-state index contributed by atoms with van der Waals surface area (Å²) in [5, 5.41) is 2.00. The van der Waals surface area contributed by atoms with Crippen LogP contribution in [0.5, 0.6) is 0 Å². The predicted octanol–water partition coefficient (Wildman–Crippen LogP) is 13.7. The zero-order valence-electron chi connectivity index (χ0n) is 37.0. The Kier molecular flexibility index (Phi) is 10.9. The van der Waals surface area contributed by atoms with Gasteiger partial charge in [0.1, 0.15) is 5.58 Å². The predicted molar refractivity (Wildman–Crippen MR) is 242 cm³/mol. The molecule has 6 heteroatoms. The Balaban J connectivity index is 0.000000278. The molecule has 0 spiro atoms. The second-order valence-electron chi connectivity index (χ2n) is 16.3. The average molecular weight is 1000 g/mol. The van der Waals surface area contributed by atoms with E-state index in [2.05, 4.69) is 127 Å². The van der Waals surface area contributed by atoms with Gasteiger partial charge in [-0.3, -0.25) is 4.98 Å². The van der Waals surface area contributed by atoms with Crippen LogP contribution >= 0.6 is 0 Å². The minimum atomic E-state index is -2.13. The summed E-state index contributed by atoms with van der Waals surface area (Å²) in [6.07, 6.45) is 2.04. The van der Waals surface area contributed by atoms with Gasteiger partial charge in [-0.1, -0.05) is 111 Å². The fraction of sp³-hybridized carbons (Fsp3) is 0.192. The van der Waals surface area contributed by atoms with Gasteiger partial charge in [-0.25, -0.2) is 0 Å². The van der Waals surface area contributed by atoms with Crippen molar-refractivity contribution in [3.05, 3.63) is 168 Å². The summed E-state index contributed by atoms with van der Waals surface area (Å²) in [5.41, 5.74) is 12.3. The summed E-state index contributed by atoms with van der Waals surface area (Å²) < 4.78 is 33.5. The average Bonchev–Trinajstić information content (AvgIpc) is 3.82. The molecule has 0 aliphatic heterocycles. The zero-order chi connectivity index (χ0) is 42.3. The van der Waals surface area contributed by atoms with Crippen molar-refractivity contribution < 1.29 is 28.6 Å². The Bertz CT molecular complexity index is 2920. The number of hydrogen-bond donors (Lipinski definition) is 0. The summed E-state index contributed by atoms with van der Waals surface area (Å²) >= 11 is -1.72. The van der Waals surface area contributed by atoms with E-state index in [4.69, 9.17) is 13.5 Å². The van der Waals surface area contributed by atoms with Crippen molar-refractivity contribution in [2.45, 2.75) is 63.7 Å². The van der Waals surface area contributed by atoms with Crippen molar-refractivity contribution in [1.29, 1.82) is 0 Å². The molecule has 0 unspecified atom stereocenters. The maximum absolute atomic E-state index is 7.69. The third-order valence-corrected chi connectivity index (χ3v) is 14.9. The number of aromatic nitrogens is 3. The summed E-state index contributed by atoms with van der Waals surface area (Å²) in [4.78, 5) is 9.73. The summed E-state index contributed by atoms with van der Waals surface area (Å²) in [6.45, 7) is 6.82. The van der Waals surface area contributed by atoms with E-state index in [0.29, 0.717) is 17.4 Å². The van der Waals surface area contributed by atoms with Gasteiger partial charge in [-0.15, -0.1) is 18.2 Å². The van der Waals surface area contributed by atoms with Crippen LogP contribution in [0.3, 0.4) is 0 Å². The molecule has 0 amide bonds. The quantitative estimate of drug-likeness (QED) is 0.118. The summed E-state index contributed by atoms with van der Waals surface area (Å²) in [7, 11) is 0. The molecular weight excluding hydrogens is 947 g/mol. The van der Waals surface area contributed by atoms with E-state index >= 15 is 0 Å². The van der Waals surface area contributed by atoms with Crippen LogP contribution in [0.1, 0.15) is 60.3 Å². The molecule has 4 nitrogen and oxygen atoms in total. The fourth-order valence-electron chi connectivity index (χ4n) is 7.49. The normalized spacial score (nSPS) is 12.6. The minimum absolute atomic E-state index is 0. The van der Waals surface area contributed by atoms with E-state index in [1.54, 1.807) is 12.1 Å². The number of aryl methyl sites for hydroxylation is 1. The molecule has 293 valence electrons. The number of hydrogen-bond acceptors (Lipinski definition) is 3. The zero-order valence-corrected chi connectivity index (χ0v) is 38.5. The Morgan fingerprint density at radius 3 is 2.09 bits per heavy atom. The number of benzene rings is 6. The smallest absolute Gasteiger partial charge is 0 e. The van der Waals surface area contributed by atoms with Crippen LogP contribution < -0.4 is 4.40 Å². The fourth-order valence-corrected chi connectivity index (χ4v) is 9.66. The molecule has 0 aliphatic carbocycles. The number of fused-ring (bicyclic) bond motifs is 4. The molecule has 58 heavy (non-hydrogen) atoms. The van der Waals surface area contributed by atoms with Crippen LogP contribution in [0, 0.1) is 19.0 Å². The van der Waals surface area contributed by atoms with Crippen LogP contribution in [-0.4, -0.2) is 27.8 Å². The van der Waals surface area contributed by atoms with E-state index in [1.807, 2.05) is 66.9 Å². The molecule has 0 atom stereocenters. The monoisotopic (exact) mass is 1000 g/mol. The molecule has 6 aromatic carbocycles. The number of pyridine rings is 1. The van der Waals surface area contributed by atoms with Gasteiger partial charge in [-0.05, 0) is 59.1 Å². The van der Waals surface area contributed by atoms with Crippen LogP contribution in [0.25, 0.3) is 72.4 Å². The molecular formula is C52H49GeIrN3O-2. The van der Waals surface area contributed by atoms with Crippen LogP contribution in [0.15, 0.2) is 144 Å². The van der Waals surface area contributed by atoms with Crippen LogP contribution in [-0.2, 0) is 20.1 Å². The number of nitrogens with zero attached hydrogens (tertiary/aromatic N) is 3. The summed E-state index contributed by atoms with van der Waals surface area (Å²) in [6, 6.07) is 51.1. The number of para-hydroxylation sites is 3. The van der Waals surface area contributed by atoms with Crippen LogP contribution in [0.4, 0.5) is 0 Å². The van der Waals surface area contributed by atoms with E-state index in [-0.39, 0.29) is 20.1 Å². The first-order valence-corrected chi connectivity index (χ1v) is 27.1. The molecule has 0 fully saturated rings. The SMILES string of the molecule is [2H]C([2H])([2H])c1ccc(-c2ccc3c(c2)oc2c(-c4nc5ccccc5n4-c4c(C(C)C)cccc4C(C)C)[c-]ccc23)cc1.[CH3][Ge]([CH3])([CH3])[c]1ccc(-c2[c-]cccc2)nc1.[Ir]. The van der Waals surface area contributed by atoms with Gasteiger partial charge >= 0.3 is 99.8 Å². The molecule has 0 bridgehead atoms. The van der Waals surface area contributed by atoms with Gasteiger partial charge in [0, 0.05) is 35.3 Å². The molecule has 0 aliphatic rings. The Labute approximate surface area is 363 Å². The minimum Gasteiger partial charge on any atom is 0 e. The van der Waals surface area contributed by atoms with Gasteiger partial charge in [-0.2, -0.15) is 0 Å². The molecule has 0 saturated heterocycles. The van der Waals surface area contributed by atoms with Crippen molar-refractivity contribution in [3.63, 3.8) is 0 Å². The second kappa shape index (κ2) is 17.0. The molecule has 1 radical (unpaired) electrons. The van der Waals surface area contributed by atoms with Crippen molar-refractivity contribution >= 4 is 50.6 Å². The Hall–Kier alpha value is -5.07. The van der Waals surface area contributed by atoms with Gasteiger partial charge < -0.3 is 8.98 Å². The van der Waals surface area contributed by atoms with E-state index in [9.17, 15) is 0 Å². The van der Waals surface area contributed by atoms with E-state index < -0.39 is 20.1 Å². The maximum atomic E-state index is 7.69. The van der Waals surface area contributed by atoms with Gasteiger partial charge in [0.15, 0.2) is 0 Å². The molecule has 9 rings (SSSR count). The van der Waals surface area contributed by atoms with E-state index in [1.165, 1.54) is 21.2 Å². The number of furan rings is 1. The second-order valence-corrected chi connectivity index (χ2v) is 27.0. The first-order valence-electron chi connectivity index (χ1n) is 21.2.